The number of ether oxygens (including phenoxy) is 1. The summed E-state index contributed by atoms with van der Waals surface area (Å²) in [5, 5.41) is 25.2. The molecule has 0 spiro atoms. The van der Waals surface area contributed by atoms with Crippen molar-refractivity contribution in [2.75, 3.05) is 6.61 Å². The van der Waals surface area contributed by atoms with Crippen molar-refractivity contribution in [3.63, 3.8) is 0 Å². The number of nitrogens with zero attached hydrogens (tertiary/aromatic N) is 2. The van der Waals surface area contributed by atoms with E-state index in [0.29, 0.717) is 23.0 Å². The van der Waals surface area contributed by atoms with E-state index in [9.17, 15) is 19.5 Å². The number of rotatable bonds is 16. The van der Waals surface area contributed by atoms with E-state index in [1.807, 2.05) is 67.6 Å². The molecule has 4 aromatic carbocycles. The van der Waals surface area contributed by atoms with E-state index in [0.717, 1.165) is 45.5 Å². The average molecular weight is 727 g/mol. The molecule has 2 heterocycles. The summed E-state index contributed by atoms with van der Waals surface area (Å²) >= 11 is 0. The van der Waals surface area contributed by atoms with Gasteiger partial charge in [0.2, 0.25) is 12.0 Å². The van der Waals surface area contributed by atoms with Crippen LogP contribution in [0.1, 0.15) is 67.8 Å². The Balaban J connectivity index is 1.18. The molecule has 1 aliphatic rings. The number of oxime groups is 1. The van der Waals surface area contributed by atoms with Gasteiger partial charge in [-0.15, -0.1) is 0 Å². The molecule has 0 bridgehead atoms. The number of hydrogen-bond donors (Lipinski definition) is 4. The lowest BCUT2D eigenvalue weighted by molar-refractivity contribution is -0.148. The SMILES string of the molecule is CCCCCc1ccc(C(C)NC(=O)C=Cc2ccc(-c3[nH]c(-c4ccc(C5=NOC(C(=O)O)C5)cc4)nc3-c3ccc(OCC(=O)O)cc3)cc2)cc1. The maximum atomic E-state index is 12.8. The lowest BCUT2D eigenvalue weighted by Crippen LogP contribution is -2.24. The number of nitrogens with one attached hydrogen (secondary N) is 2. The Labute approximate surface area is 313 Å². The molecular weight excluding hydrogens is 684 g/mol. The summed E-state index contributed by atoms with van der Waals surface area (Å²) in [4.78, 5) is 48.6. The Morgan fingerprint density at radius 1 is 0.889 bits per heavy atom. The fourth-order valence-corrected chi connectivity index (χ4v) is 6.11. The summed E-state index contributed by atoms with van der Waals surface area (Å²) in [6.45, 7) is 3.73. The summed E-state index contributed by atoms with van der Waals surface area (Å²) in [5.74, 6) is -1.28. The van der Waals surface area contributed by atoms with E-state index in [2.05, 4.69) is 46.6 Å². The van der Waals surface area contributed by atoms with Crippen LogP contribution in [-0.4, -0.2) is 56.4 Å². The number of carboxylic acids is 2. The molecule has 0 saturated carbocycles. The highest BCUT2D eigenvalue weighted by Gasteiger charge is 2.28. The zero-order chi connectivity index (χ0) is 38.0. The predicted molar refractivity (Wildman–Crippen MR) is 207 cm³/mol. The molecule has 2 atom stereocenters. The number of aromatic nitrogens is 2. The number of benzene rings is 4. The highest BCUT2D eigenvalue weighted by atomic mass is 16.7. The molecule has 54 heavy (non-hydrogen) atoms. The van der Waals surface area contributed by atoms with Crippen molar-refractivity contribution in [2.24, 2.45) is 5.16 Å². The van der Waals surface area contributed by atoms with Gasteiger partial charge in [0.1, 0.15) is 11.6 Å². The van der Waals surface area contributed by atoms with Crippen LogP contribution in [0.3, 0.4) is 0 Å². The van der Waals surface area contributed by atoms with Crippen LogP contribution in [0.5, 0.6) is 5.75 Å². The molecule has 2 unspecified atom stereocenters. The van der Waals surface area contributed by atoms with Gasteiger partial charge in [-0.2, -0.15) is 0 Å². The Hall–Kier alpha value is -6.49. The van der Waals surface area contributed by atoms with E-state index in [4.69, 9.17) is 19.7 Å². The van der Waals surface area contributed by atoms with Gasteiger partial charge in [-0.1, -0.05) is 97.7 Å². The van der Waals surface area contributed by atoms with Gasteiger partial charge in [-0.25, -0.2) is 14.6 Å². The monoisotopic (exact) mass is 726 g/mol. The van der Waals surface area contributed by atoms with Crippen LogP contribution in [0, 0.1) is 0 Å². The minimum atomic E-state index is -1.06. The Bertz CT molecular complexity index is 2140. The van der Waals surface area contributed by atoms with Crippen LogP contribution in [-0.2, 0) is 25.6 Å². The number of carbonyl (C=O) groups excluding carboxylic acids is 1. The van der Waals surface area contributed by atoms with Gasteiger partial charge in [0.25, 0.3) is 0 Å². The zero-order valence-electron chi connectivity index (χ0n) is 30.1. The molecule has 1 amide bonds. The lowest BCUT2D eigenvalue weighted by atomic mass is 10.0. The largest absolute Gasteiger partial charge is 0.482 e. The Kier molecular flexibility index (Phi) is 12.0. The van der Waals surface area contributed by atoms with E-state index in [1.54, 1.807) is 18.2 Å². The van der Waals surface area contributed by atoms with Gasteiger partial charge < -0.3 is 30.1 Å². The molecule has 1 aliphatic heterocycles. The maximum Gasteiger partial charge on any atom is 0.348 e. The molecule has 11 heteroatoms. The molecule has 5 aromatic rings. The number of amides is 1. The normalized spacial score (nSPS) is 14.3. The molecule has 0 saturated heterocycles. The standard InChI is InChI=1S/C43H42N4O7/c1-3-4-5-6-28-7-12-30(13-8-28)27(2)44-38(48)24-11-29-9-14-32(15-10-29)40-41(33-20-22-35(23-21-33)53-26-39(49)50)46-42(45-40)34-18-16-31(17-19-34)36-25-37(43(51)52)54-47-36/h7-24,27,37H,3-6,25-26H2,1-2H3,(H,44,48)(H,45,46)(H,49,50)(H,51,52). The van der Waals surface area contributed by atoms with Gasteiger partial charge in [0.15, 0.2) is 6.61 Å². The number of unbranched alkanes of at least 4 members (excludes halogenated alkanes) is 2. The second-order valence-corrected chi connectivity index (χ2v) is 13.2. The Morgan fingerprint density at radius 3 is 2.20 bits per heavy atom. The third-order valence-corrected chi connectivity index (χ3v) is 9.16. The van der Waals surface area contributed by atoms with E-state index >= 15 is 0 Å². The Morgan fingerprint density at radius 2 is 1.56 bits per heavy atom. The third kappa shape index (κ3) is 9.48. The van der Waals surface area contributed by atoms with Crippen molar-refractivity contribution in [1.82, 2.24) is 15.3 Å². The smallest absolute Gasteiger partial charge is 0.348 e. The van der Waals surface area contributed by atoms with Gasteiger partial charge in [0.05, 0.1) is 23.1 Å². The van der Waals surface area contributed by atoms with Crippen molar-refractivity contribution in [3.05, 3.63) is 125 Å². The average Bonchev–Trinajstić information content (AvgIpc) is 3.87. The highest BCUT2D eigenvalue weighted by Crippen LogP contribution is 2.34. The molecule has 11 nitrogen and oxygen atoms in total. The number of imidazole rings is 1. The number of aromatic amines is 1. The zero-order valence-corrected chi connectivity index (χ0v) is 30.1. The topological polar surface area (TPSA) is 163 Å². The third-order valence-electron chi connectivity index (χ3n) is 9.16. The highest BCUT2D eigenvalue weighted by molar-refractivity contribution is 6.03. The summed E-state index contributed by atoms with van der Waals surface area (Å²) in [5.41, 5.74) is 8.39. The summed E-state index contributed by atoms with van der Waals surface area (Å²) in [6, 6.07) is 30.6. The second kappa shape index (κ2) is 17.4. The quantitative estimate of drug-likeness (QED) is 0.0586. The van der Waals surface area contributed by atoms with Crippen molar-refractivity contribution in [3.8, 4) is 39.7 Å². The molecule has 0 aliphatic carbocycles. The van der Waals surface area contributed by atoms with Crippen LogP contribution in [0.4, 0.5) is 0 Å². The second-order valence-electron chi connectivity index (χ2n) is 13.2. The number of aliphatic carboxylic acids is 2. The first-order valence-electron chi connectivity index (χ1n) is 18.0. The number of aryl methyl sites for hydroxylation is 1. The van der Waals surface area contributed by atoms with Gasteiger partial charge in [0, 0.05) is 29.2 Å². The number of carbonyl (C=O) groups is 3. The number of hydrogen-bond acceptors (Lipinski definition) is 7. The van der Waals surface area contributed by atoms with Crippen LogP contribution in [0.15, 0.2) is 108 Å². The van der Waals surface area contributed by atoms with Crippen LogP contribution in [0.25, 0.3) is 40.0 Å². The molecule has 0 radical (unpaired) electrons. The fourth-order valence-electron chi connectivity index (χ4n) is 6.11. The molecule has 1 aromatic heterocycles. The number of carboxylic acid groups (broad SMARTS) is 2. The molecular formula is C43H42N4O7. The van der Waals surface area contributed by atoms with Crippen LogP contribution < -0.4 is 10.1 Å². The lowest BCUT2D eigenvalue weighted by Gasteiger charge is -2.13. The van der Waals surface area contributed by atoms with Crippen molar-refractivity contribution in [2.45, 2.75) is 58.1 Å². The first-order valence-corrected chi connectivity index (χ1v) is 18.0. The van der Waals surface area contributed by atoms with Gasteiger partial charge >= 0.3 is 11.9 Å². The number of H-pyrrole nitrogens is 1. The van der Waals surface area contributed by atoms with E-state index in [-0.39, 0.29) is 18.4 Å². The van der Waals surface area contributed by atoms with Crippen molar-refractivity contribution >= 4 is 29.6 Å². The first kappa shape index (κ1) is 37.3. The molecule has 4 N–H and O–H groups in total. The summed E-state index contributed by atoms with van der Waals surface area (Å²) < 4.78 is 5.32. The van der Waals surface area contributed by atoms with E-state index in [1.165, 1.54) is 30.9 Å². The van der Waals surface area contributed by atoms with Crippen molar-refractivity contribution < 1.29 is 34.2 Å². The molecule has 6 rings (SSSR count). The van der Waals surface area contributed by atoms with E-state index < -0.39 is 24.6 Å². The predicted octanol–water partition coefficient (Wildman–Crippen LogP) is 8.08. The summed E-state index contributed by atoms with van der Waals surface area (Å²) in [6.07, 6.45) is 7.17. The van der Waals surface area contributed by atoms with Gasteiger partial charge in [-0.3, -0.25) is 4.79 Å². The minimum Gasteiger partial charge on any atom is -0.482 e. The van der Waals surface area contributed by atoms with Gasteiger partial charge in [-0.05, 0) is 72.4 Å². The fraction of sp³-hybridized carbons (Fsp3) is 0.233. The molecule has 276 valence electrons. The minimum absolute atomic E-state index is 0.133. The summed E-state index contributed by atoms with van der Waals surface area (Å²) in [7, 11) is 0. The molecule has 0 fully saturated rings. The maximum absolute atomic E-state index is 12.8. The van der Waals surface area contributed by atoms with Crippen LogP contribution >= 0.6 is 0 Å². The first-order chi connectivity index (χ1) is 26.2. The van der Waals surface area contributed by atoms with Crippen LogP contribution in [0.2, 0.25) is 0 Å². The van der Waals surface area contributed by atoms with Crippen molar-refractivity contribution in [1.29, 1.82) is 0 Å².